The first-order valence-corrected chi connectivity index (χ1v) is 8.04. The SMILES string of the molecule is CCCN(Cc1ccccc1)S(=O)(=O)N(C)CCC#N. The smallest absolute Gasteiger partial charge is 0.198 e. The monoisotopic (exact) mass is 295 g/mol. The van der Waals surface area contributed by atoms with E-state index in [1.165, 1.54) is 15.7 Å². The number of hydrogen-bond acceptors (Lipinski definition) is 3. The van der Waals surface area contributed by atoms with Crippen molar-refractivity contribution in [3.05, 3.63) is 35.9 Å². The van der Waals surface area contributed by atoms with Gasteiger partial charge in [0.15, 0.2) is 0 Å². The Morgan fingerprint density at radius 1 is 1.20 bits per heavy atom. The zero-order chi connectivity index (χ0) is 15.0. The highest BCUT2D eigenvalue weighted by molar-refractivity contribution is 7.86. The minimum Gasteiger partial charge on any atom is -0.198 e. The van der Waals surface area contributed by atoms with Gasteiger partial charge in [-0.15, -0.1) is 0 Å². The molecular weight excluding hydrogens is 274 g/mol. The third-order valence-electron chi connectivity index (χ3n) is 2.93. The molecule has 0 aliphatic heterocycles. The Morgan fingerprint density at radius 2 is 1.85 bits per heavy atom. The third kappa shape index (κ3) is 4.60. The topological polar surface area (TPSA) is 64.4 Å². The van der Waals surface area contributed by atoms with E-state index in [0.29, 0.717) is 13.1 Å². The molecule has 1 rings (SSSR count). The molecule has 1 aromatic rings. The van der Waals surface area contributed by atoms with E-state index in [1.54, 1.807) is 0 Å². The largest absolute Gasteiger partial charge is 0.282 e. The lowest BCUT2D eigenvalue weighted by molar-refractivity contribution is 0.355. The Balaban J connectivity index is 2.86. The molecule has 0 N–H and O–H groups in total. The van der Waals surface area contributed by atoms with Crippen molar-refractivity contribution >= 4 is 10.2 Å². The van der Waals surface area contributed by atoms with E-state index >= 15 is 0 Å². The van der Waals surface area contributed by atoms with Crippen LogP contribution in [0.25, 0.3) is 0 Å². The Labute approximate surface area is 121 Å². The fraction of sp³-hybridized carbons (Fsp3) is 0.500. The van der Waals surface area contributed by atoms with E-state index in [0.717, 1.165) is 12.0 Å². The average molecular weight is 295 g/mol. The van der Waals surface area contributed by atoms with Crippen molar-refractivity contribution in [2.45, 2.75) is 26.3 Å². The van der Waals surface area contributed by atoms with Crippen LogP contribution in [-0.4, -0.2) is 37.2 Å². The molecule has 0 radical (unpaired) electrons. The van der Waals surface area contributed by atoms with E-state index in [-0.39, 0.29) is 13.0 Å². The Bertz CT molecular complexity index is 537. The molecule has 6 heteroatoms. The predicted molar refractivity (Wildman–Crippen MR) is 78.9 cm³/mol. The van der Waals surface area contributed by atoms with Gasteiger partial charge >= 0.3 is 0 Å². The second-order valence-electron chi connectivity index (χ2n) is 4.56. The molecule has 1 aromatic carbocycles. The van der Waals surface area contributed by atoms with Crippen molar-refractivity contribution in [1.29, 1.82) is 5.26 Å². The minimum atomic E-state index is -3.52. The standard InChI is InChI=1S/C14H21N3O2S/c1-3-11-17(13-14-8-5-4-6-9-14)20(18,19)16(2)12-7-10-15/h4-6,8-9H,3,7,11-13H2,1-2H3. The fourth-order valence-electron chi connectivity index (χ4n) is 1.83. The first kappa shape index (κ1) is 16.6. The van der Waals surface area contributed by atoms with E-state index < -0.39 is 10.2 Å². The van der Waals surface area contributed by atoms with Crippen LogP contribution in [0.4, 0.5) is 0 Å². The van der Waals surface area contributed by atoms with Crippen LogP contribution in [-0.2, 0) is 16.8 Å². The lowest BCUT2D eigenvalue weighted by Gasteiger charge is -2.27. The number of nitrogens with zero attached hydrogens (tertiary/aromatic N) is 3. The van der Waals surface area contributed by atoms with Crippen LogP contribution >= 0.6 is 0 Å². The molecule has 0 aromatic heterocycles. The van der Waals surface area contributed by atoms with Gasteiger partial charge in [-0.2, -0.15) is 22.3 Å². The summed E-state index contributed by atoms with van der Waals surface area (Å²) in [5, 5.41) is 8.57. The molecule has 0 spiro atoms. The highest BCUT2D eigenvalue weighted by Gasteiger charge is 2.25. The first-order chi connectivity index (χ1) is 9.52. The summed E-state index contributed by atoms with van der Waals surface area (Å²) in [6.07, 6.45) is 0.944. The summed E-state index contributed by atoms with van der Waals surface area (Å²) < 4.78 is 27.6. The molecule has 5 nitrogen and oxygen atoms in total. The zero-order valence-corrected chi connectivity index (χ0v) is 12.8. The van der Waals surface area contributed by atoms with Gasteiger partial charge in [0, 0.05) is 33.1 Å². The van der Waals surface area contributed by atoms with E-state index in [9.17, 15) is 8.42 Å². The molecule has 0 saturated heterocycles. The van der Waals surface area contributed by atoms with E-state index in [4.69, 9.17) is 5.26 Å². The summed E-state index contributed by atoms with van der Waals surface area (Å²) in [4.78, 5) is 0. The van der Waals surface area contributed by atoms with Crippen LogP contribution < -0.4 is 0 Å². The summed E-state index contributed by atoms with van der Waals surface area (Å²) in [6, 6.07) is 11.5. The molecule has 0 heterocycles. The molecule has 20 heavy (non-hydrogen) atoms. The molecular formula is C14H21N3O2S. The summed E-state index contributed by atoms with van der Waals surface area (Å²) in [5.41, 5.74) is 0.957. The van der Waals surface area contributed by atoms with Crippen molar-refractivity contribution in [3.63, 3.8) is 0 Å². The highest BCUT2D eigenvalue weighted by Crippen LogP contribution is 2.13. The number of rotatable bonds is 8. The number of benzene rings is 1. The van der Waals surface area contributed by atoms with Gasteiger partial charge in [-0.05, 0) is 12.0 Å². The molecule has 0 unspecified atom stereocenters. The number of hydrogen-bond donors (Lipinski definition) is 0. The molecule has 0 saturated carbocycles. The van der Waals surface area contributed by atoms with Gasteiger partial charge < -0.3 is 0 Å². The van der Waals surface area contributed by atoms with Gasteiger partial charge in [-0.3, -0.25) is 0 Å². The van der Waals surface area contributed by atoms with Crippen molar-refractivity contribution in [2.24, 2.45) is 0 Å². The van der Waals surface area contributed by atoms with E-state index in [2.05, 4.69) is 0 Å². The molecule has 0 amide bonds. The van der Waals surface area contributed by atoms with Gasteiger partial charge in [0.25, 0.3) is 10.2 Å². The fourth-order valence-corrected chi connectivity index (χ4v) is 3.27. The summed E-state index contributed by atoms with van der Waals surface area (Å²) >= 11 is 0. The summed E-state index contributed by atoms with van der Waals surface area (Å²) in [6.45, 7) is 2.98. The second kappa shape index (κ2) is 8.00. The average Bonchev–Trinajstić information content (AvgIpc) is 2.45. The zero-order valence-electron chi connectivity index (χ0n) is 12.0. The third-order valence-corrected chi connectivity index (χ3v) is 4.87. The van der Waals surface area contributed by atoms with Gasteiger partial charge in [0.1, 0.15) is 0 Å². The molecule has 0 bridgehead atoms. The Hall–Kier alpha value is -1.42. The van der Waals surface area contributed by atoms with Gasteiger partial charge in [-0.25, -0.2) is 0 Å². The summed E-state index contributed by atoms with van der Waals surface area (Å²) in [7, 11) is -2.00. The van der Waals surface area contributed by atoms with Crippen molar-refractivity contribution in [3.8, 4) is 6.07 Å². The second-order valence-corrected chi connectivity index (χ2v) is 6.59. The van der Waals surface area contributed by atoms with Crippen LogP contribution in [0.2, 0.25) is 0 Å². The normalized spacial score (nSPS) is 11.8. The van der Waals surface area contributed by atoms with Crippen LogP contribution in [0.15, 0.2) is 30.3 Å². The van der Waals surface area contributed by atoms with Crippen molar-refractivity contribution in [2.75, 3.05) is 20.1 Å². The minimum absolute atomic E-state index is 0.195. The highest BCUT2D eigenvalue weighted by atomic mass is 32.2. The van der Waals surface area contributed by atoms with Crippen molar-refractivity contribution in [1.82, 2.24) is 8.61 Å². The Kier molecular flexibility index (Phi) is 6.65. The molecule has 0 aliphatic carbocycles. The van der Waals surface area contributed by atoms with Gasteiger partial charge in [0.05, 0.1) is 6.07 Å². The predicted octanol–water partition coefficient (Wildman–Crippen LogP) is 1.99. The van der Waals surface area contributed by atoms with Gasteiger partial charge in [-0.1, -0.05) is 37.3 Å². The Morgan fingerprint density at radius 3 is 2.40 bits per heavy atom. The molecule has 0 fully saturated rings. The van der Waals surface area contributed by atoms with E-state index in [1.807, 2.05) is 43.3 Å². The maximum absolute atomic E-state index is 12.5. The molecule has 110 valence electrons. The van der Waals surface area contributed by atoms with Crippen LogP contribution in [0.3, 0.4) is 0 Å². The van der Waals surface area contributed by atoms with Gasteiger partial charge in [0.2, 0.25) is 0 Å². The quantitative estimate of drug-likeness (QED) is 0.736. The molecule has 0 aliphatic rings. The summed E-state index contributed by atoms with van der Waals surface area (Å²) in [5.74, 6) is 0. The van der Waals surface area contributed by atoms with Crippen LogP contribution in [0.1, 0.15) is 25.3 Å². The maximum atomic E-state index is 12.5. The van der Waals surface area contributed by atoms with Crippen molar-refractivity contribution < 1.29 is 8.42 Å². The van der Waals surface area contributed by atoms with Crippen LogP contribution in [0, 0.1) is 11.3 Å². The van der Waals surface area contributed by atoms with Crippen LogP contribution in [0.5, 0.6) is 0 Å². The lowest BCUT2D eigenvalue weighted by atomic mass is 10.2. The first-order valence-electron chi connectivity index (χ1n) is 6.64. The molecule has 0 atom stereocenters. The lowest BCUT2D eigenvalue weighted by Crippen LogP contribution is -2.42. The number of nitriles is 1. The maximum Gasteiger partial charge on any atom is 0.282 e.